The molecule has 1 aromatic heterocycles. The molecule has 0 fully saturated rings. The molecule has 0 saturated heterocycles. The minimum absolute atomic E-state index is 0.0462. The zero-order valence-electron chi connectivity index (χ0n) is 15.2. The first-order chi connectivity index (χ1) is 12.4. The SMILES string of the molecule is Cc1cc2ncn(CC(=O)c3ccc4c(c3)CCC(=O)N4C)c2cc1C. The standard InChI is InChI=1S/C21H21N3O2/c1-13-8-17-19(9-14(13)2)24(12-22-17)11-20(25)16-4-6-18-15(10-16)5-7-21(26)23(18)3/h4,6,8-10,12H,5,7,11H2,1-3H3. The lowest BCUT2D eigenvalue weighted by Crippen LogP contribution is -2.31. The van der Waals surface area contributed by atoms with Crippen LogP contribution in [0.2, 0.25) is 0 Å². The molecule has 0 aliphatic carbocycles. The van der Waals surface area contributed by atoms with E-state index in [-0.39, 0.29) is 18.2 Å². The number of amides is 1. The molecule has 0 atom stereocenters. The first kappa shape index (κ1) is 16.5. The second-order valence-electron chi connectivity index (χ2n) is 7.02. The minimum Gasteiger partial charge on any atom is -0.323 e. The van der Waals surface area contributed by atoms with Crippen LogP contribution in [0.25, 0.3) is 11.0 Å². The first-order valence-electron chi connectivity index (χ1n) is 8.79. The smallest absolute Gasteiger partial charge is 0.227 e. The van der Waals surface area contributed by atoms with Gasteiger partial charge in [-0.25, -0.2) is 4.98 Å². The van der Waals surface area contributed by atoms with E-state index in [1.54, 1.807) is 18.3 Å². The number of nitrogens with zero attached hydrogens (tertiary/aromatic N) is 3. The summed E-state index contributed by atoms with van der Waals surface area (Å²) in [5, 5.41) is 0. The Morgan fingerprint density at radius 2 is 1.88 bits per heavy atom. The molecule has 0 saturated carbocycles. The molecular weight excluding hydrogens is 326 g/mol. The molecule has 2 heterocycles. The fourth-order valence-electron chi connectivity index (χ4n) is 3.52. The molecule has 0 N–H and O–H groups in total. The van der Waals surface area contributed by atoms with E-state index in [9.17, 15) is 9.59 Å². The van der Waals surface area contributed by atoms with E-state index in [4.69, 9.17) is 0 Å². The number of Topliss-reactive ketones (excluding diaryl/α,β-unsaturated/α-hetero) is 1. The van der Waals surface area contributed by atoms with Gasteiger partial charge in [0, 0.05) is 24.7 Å². The topological polar surface area (TPSA) is 55.2 Å². The van der Waals surface area contributed by atoms with Crippen molar-refractivity contribution in [1.82, 2.24) is 9.55 Å². The fourth-order valence-corrected chi connectivity index (χ4v) is 3.52. The molecule has 4 rings (SSSR count). The fraction of sp³-hybridized carbons (Fsp3) is 0.286. The van der Waals surface area contributed by atoms with Crippen LogP contribution >= 0.6 is 0 Å². The molecule has 1 aliphatic rings. The van der Waals surface area contributed by atoms with Crippen LogP contribution in [0.1, 0.15) is 33.5 Å². The maximum Gasteiger partial charge on any atom is 0.227 e. The van der Waals surface area contributed by atoms with Gasteiger partial charge < -0.3 is 9.47 Å². The van der Waals surface area contributed by atoms with Crippen LogP contribution in [-0.4, -0.2) is 28.3 Å². The lowest BCUT2D eigenvalue weighted by molar-refractivity contribution is -0.118. The van der Waals surface area contributed by atoms with Crippen LogP contribution in [0.4, 0.5) is 5.69 Å². The number of fused-ring (bicyclic) bond motifs is 2. The van der Waals surface area contributed by atoms with E-state index >= 15 is 0 Å². The number of aryl methyl sites for hydroxylation is 3. The third-order valence-corrected chi connectivity index (χ3v) is 5.30. The second-order valence-corrected chi connectivity index (χ2v) is 7.02. The summed E-state index contributed by atoms with van der Waals surface area (Å²) in [4.78, 5) is 30.7. The predicted molar refractivity (Wildman–Crippen MR) is 102 cm³/mol. The van der Waals surface area contributed by atoms with Gasteiger partial charge in [-0.1, -0.05) is 0 Å². The molecule has 5 nitrogen and oxygen atoms in total. The monoisotopic (exact) mass is 347 g/mol. The normalized spacial score (nSPS) is 14.0. The minimum atomic E-state index is 0.0462. The number of imidazole rings is 1. The van der Waals surface area contributed by atoms with Crippen molar-refractivity contribution in [1.29, 1.82) is 0 Å². The third-order valence-electron chi connectivity index (χ3n) is 5.30. The molecule has 26 heavy (non-hydrogen) atoms. The van der Waals surface area contributed by atoms with E-state index in [2.05, 4.69) is 31.0 Å². The van der Waals surface area contributed by atoms with E-state index in [1.807, 2.05) is 22.8 Å². The van der Waals surface area contributed by atoms with Gasteiger partial charge in [0.2, 0.25) is 5.91 Å². The number of anilines is 1. The van der Waals surface area contributed by atoms with E-state index < -0.39 is 0 Å². The number of hydrogen-bond donors (Lipinski definition) is 0. The molecule has 1 amide bonds. The van der Waals surface area contributed by atoms with Gasteiger partial charge in [0.15, 0.2) is 5.78 Å². The molecule has 0 radical (unpaired) electrons. The molecular formula is C21H21N3O2. The highest BCUT2D eigenvalue weighted by atomic mass is 16.2. The van der Waals surface area contributed by atoms with Crippen molar-refractivity contribution in [3.8, 4) is 0 Å². The van der Waals surface area contributed by atoms with Gasteiger partial charge in [-0.2, -0.15) is 0 Å². The summed E-state index contributed by atoms with van der Waals surface area (Å²) in [7, 11) is 1.78. The maximum atomic E-state index is 12.8. The molecule has 0 bridgehead atoms. The lowest BCUT2D eigenvalue weighted by Gasteiger charge is -2.26. The van der Waals surface area contributed by atoms with Gasteiger partial charge in [-0.3, -0.25) is 9.59 Å². The maximum absolute atomic E-state index is 12.8. The average Bonchev–Trinajstić information content (AvgIpc) is 3.00. The zero-order valence-corrected chi connectivity index (χ0v) is 15.2. The molecule has 5 heteroatoms. The Bertz CT molecular complexity index is 1050. The zero-order chi connectivity index (χ0) is 18.4. The van der Waals surface area contributed by atoms with E-state index in [0.29, 0.717) is 18.4 Å². The molecule has 2 aromatic carbocycles. The Morgan fingerprint density at radius 1 is 1.12 bits per heavy atom. The summed E-state index contributed by atoms with van der Waals surface area (Å²) in [6, 6.07) is 9.74. The van der Waals surface area contributed by atoms with Gasteiger partial charge >= 0.3 is 0 Å². The highest BCUT2D eigenvalue weighted by Crippen LogP contribution is 2.28. The Kier molecular flexibility index (Phi) is 3.87. The van der Waals surface area contributed by atoms with Crippen molar-refractivity contribution in [2.75, 3.05) is 11.9 Å². The highest BCUT2D eigenvalue weighted by molar-refractivity contribution is 6.00. The van der Waals surface area contributed by atoms with Crippen molar-refractivity contribution in [2.24, 2.45) is 0 Å². The highest BCUT2D eigenvalue weighted by Gasteiger charge is 2.22. The van der Waals surface area contributed by atoms with Gasteiger partial charge in [-0.15, -0.1) is 0 Å². The number of rotatable bonds is 3. The Labute approximate surface area is 152 Å². The first-order valence-corrected chi connectivity index (χ1v) is 8.79. The molecule has 1 aliphatic heterocycles. The quantitative estimate of drug-likeness (QED) is 0.682. The van der Waals surface area contributed by atoms with Crippen LogP contribution in [0, 0.1) is 13.8 Å². The Hall–Kier alpha value is -2.95. The van der Waals surface area contributed by atoms with Crippen LogP contribution in [0.3, 0.4) is 0 Å². The molecule has 3 aromatic rings. The van der Waals surface area contributed by atoms with Gasteiger partial charge in [0.1, 0.15) is 0 Å². The largest absolute Gasteiger partial charge is 0.323 e. The van der Waals surface area contributed by atoms with Crippen molar-refractivity contribution in [3.05, 3.63) is 58.9 Å². The number of carbonyl (C=O) groups excluding carboxylic acids is 2. The van der Waals surface area contributed by atoms with Crippen molar-refractivity contribution in [2.45, 2.75) is 33.2 Å². The summed E-state index contributed by atoms with van der Waals surface area (Å²) in [5.74, 6) is 0.164. The van der Waals surface area contributed by atoms with Gasteiger partial charge in [0.25, 0.3) is 0 Å². The second kappa shape index (κ2) is 6.09. The molecule has 0 unspecified atom stereocenters. The van der Waals surface area contributed by atoms with Crippen molar-refractivity contribution in [3.63, 3.8) is 0 Å². The predicted octanol–water partition coefficient (Wildman–Crippen LogP) is 3.45. The van der Waals surface area contributed by atoms with Crippen LogP contribution < -0.4 is 4.90 Å². The van der Waals surface area contributed by atoms with Crippen molar-refractivity contribution < 1.29 is 9.59 Å². The number of ketones is 1. The third kappa shape index (κ3) is 2.69. The Balaban J connectivity index is 1.63. The van der Waals surface area contributed by atoms with Crippen LogP contribution in [-0.2, 0) is 17.8 Å². The van der Waals surface area contributed by atoms with Crippen LogP contribution in [0.15, 0.2) is 36.7 Å². The van der Waals surface area contributed by atoms with Crippen molar-refractivity contribution >= 4 is 28.4 Å². The number of aromatic nitrogens is 2. The Morgan fingerprint density at radius 3 is 2.69 bits per heavy atom. The summed E-state index contributed by atoms with van der Waals surface area (Å²) in [6.07, 6.45) is 2.91. The lowest BCUT2D eigenvalue weighted by atomic mass is 9.97. The summed E-state index contributed by atoms with van der Waals surface area (Å²) in [5.41, 5.74) is 6.90. The number of hydrogen-bond acceptors (Lipinski definition) is 3. The summed E-state index contributed by atoms with van der Waals surface area (Å²) >= 11 is 0. The molecule has 132 valence electrons. The van der Waals surface area contributed by atoms with Crippen LogP contribution in [0.5, 0.6) is 0 Å². The van der Waals surface area contributed by atoms with Gasteiger partial charge in [-0.05, 0) is 67.3 Å². The number of benzene rings is 2. The summed E-state index contributed by atoms with van der Waals surface area (Å²) < 4.78 is 1.90. The van der Waals surface area contributed by atoms with E-state index in [0.717, 1.165) is 22.3 Å². The molecule has 0 spiro atoms. The average molecular weight is 347 g/mol. The summed E-state index contributed by atoms with van der Waals surface area (Å²) in [6.45, 7) is 4.38. The van der Waals surface area contributed by atoms with Gasteiger partial charge in [0.05, 0.1) is 23.9 Å². The number of carbonyl (C=O) groups is 2. The van der Waals surface area contributed by atoms with E-state index in [1.165, 1.54) is 11.1 Å².